The molecule has 5 heteroatoms. The number of nitrogens with two attached hydrogens (primary N) is 1. The van der Waals surface area contributed by atoms with E-state index >= 15 is 0 Å². The minimum Gasteiger partial charge on any atom is -0.366 e. The maximum Gasteiger partial charge on any atom is 0.251 e. The molecule has 4 nitrogen and oxygen atoms in total. The number of amides is 2. The molecule has 0 saturated carbocycles. The van der Waals surface area contributed by atoms with E-state index in [4.69, 9.17) is 17.3 Å². The molecule has 0 saturated heterocycles. The highest BCUT2D eigenvalue weighted by atomic mass is 35.5. The zero-order chi connectivity index (χ0) is 15.2. The predicted molar refractivity (Wildman–Crippen MR) is 82.4 cm³/mol. The Hall–Kier alpha value is -2.33. The van der Waals surface area contributed by atoms with E-state index in [0.29, 0.717) is 12.1 Å². The number of hydrogen-bond donors (Lipinski definition) is 2. The van der Waals surface area contributed by atoms with Crippen molar-refractivity contribution in [2.75, 3.05) is 6.54 Å². The van der Waals surface area contributed by atoms with Gasteiger partial charge in [0.2, 0.25) is 5.91 Å². The van der Waals surface area contributed by atoms with Crippen LogP contribution in [0.5, 0.6) is 0 Å². The van der Waals surface area contributed by atoms with Gasteiger partial charge in [-0.3, -0.25) is 9.59 Å². The zero-order valence-electron chi connectivity index (χ0n) is 11.3. The topological polar surface area (TPSA) is 72.2 Å². The Balaban J connectivity index is 1.97. The Morgan fingerprint density at radius 1 is 1.10 bits per heavy atom. The normalized spacial score (nSPS) is 10.1. The molecule has 0 radical (unpaired) electrons. The molecule has 0 fully saturated rings. The Bertz CT molecular complexity index is 657. The fourth-order valence-electron chi connectivity index (χ4n) is 1.92. The smallest absolute Gasteiger partial charge is 0.251 e. The summed E-state index contributed by atoms with van der Waals surface area (Å²) in [7, 11) is 0. The van der Waals surface area contributed by atoms with Gasteiger partial charge in [-0.2, -0.15) is 0 Å². The minimum atomic E-state index is -0.654. The molecule has 0 aliphatic carbocycles. The number of primary amides is 1. The third-order valence-electron chi connectivity index (χ3n) is 3.04. The largest absolute Gasteiger partial charge is 0.366 e. The van der Waals surface area contributed by atoms with E-state index in [-0.39, 0.29) is 16.5 Å². The first-order valence-corrected chi connectivity index (χ1v) is 6.87. The van der Waals surface area contributed by atoms with Gasteiger partial charge in [0.05, 0.1) is 10.6 Å². The molecule has 2 amide bonds. The third-order valence-corrected chi connectivity index (χ3v) is 3.37. The lowest BCUT2D eigenvalue weighted by atomic mass is 10.1. The summed E-state index contributed by atoms with van der Waals surface area (Å²) in [5.41, 5.74) is 6.86. The molecule has 0 heterocycles. The van der Waals surface area contributed by atoms with E-state index in [1.165, 1.54) is 12.1 Å². The van der Waals surface area contributed by atoms with Crippen LogP contribution in [-0.4, -0.2) is 18.4 Å². The highest BCUT2D eigenvalue weighted by Gasteiger charge is 2.11. The van der Waals surface area contributed by atoms with E-state index in [1.807, 2.05) is 30.3 Å². The van der Waals surface area contributed by atoms with E-state index in [2.05, 4.69) is 5.32 Å². The van der Waals surface area contributed by atoms with Gasteiger partial charge in [-0.25, -0.2) is 0 Å². The SMILES string of the molecule is NC(=O)c1cc(C(=O)NCCc2ccccc2)ccc1Cl. The van der Waals surface area contributed by atoms with E-state index in [9.17, 15) is 9.59 Å². The molecule has 3 N–H and O–H groups in total. The molecule has 0 unspecified atom stereocenters. The average molecular weight is 303 g/mol. The summed E-state index contributed by atoms with van der Waals surface area (Å²) < 4.78 is 0. The summed E-state index contributed by atoms with van der Waals surface area (Å²) >= 11 is 5.85. The van der Waals surface area contributed by atoms with Crippen molar-refractivity contribution in [3.05, 3.63) is 70.2 Å². The van der Waals surface area contributed by atoms with Crippen LogP contribution in [0.2, 0.25) is 5.02 Å². The minimum absolute atomic E-state index is 0.146. The fraction of sp³-hybridized carbons (Fsp3) is 0.125. The molecule has 0 bridgehead atoms. The van der Waals surface area contributed by atoms with Crippen molar-refractivity contribution >= 4 is 23.4 Å². The van der Waals surface area contributed by atoms with Crippen molar-refractivity contribution in [1.29, 1.82) is 0 Å². The first kappa shape index (κ1) is 15.1. The summed E-state index contributed by atoms with van der Waals surface area (Å²) in [6.07, 6.45) is 0.739. The second-order valence-corrected chi connectivity index (χ2v) is 4.96. The Morgan fingerprint density at radius 2 is 1.81 bits per heavy atom. The quantitative estimate of drug-likeness (QED) is 0.890. The lowest BCUT2D eigenvalue weighted by molar-refractivity contribution is 0.0954. The number of hydrogen-bond acceptors (Lipinski definition) is 2. The lowest BCUT2D eigenvalue weighted by Gasteiger charge is -2.07. The highest BCUT2D eigenvalue weighted by molar-refractivity contribution is 6.34. The summed E-state index contributed by atoms with van der Waals surface area (Å²) in [5.74, 6) is -0.913. The maximum atomic E-state index is 12.0. The summed E-state index contributed by atoms with van der Waals surface area (Å²) in [5, 5.41) is 3.04. The predicted octanol–water partition coefficient (Wildman–Crippen LogP) is 2.41. The Labute approximate surface area is 127 Å². The van der Waals surface area contributed by atoms with Crippen LogP contribution < -0.4 is 11.1 Å². The number of nitrogens with one attached hydrogen (secondary N) is 1. The monoisotopic (exact) mass is 302 g/mol. The number of carbonyl (C=O) groups excluding carboxylic acids is 2. The van der Waals surface area contributed by atoms with E-state index in [0.717, 1.165) is 12.0 Å². The Kier molecular flexibility index (Phi) is 4.95. The highest BCUT2D eigenvalue weighted by Crippen LogP contribution is 2.17. The van der Waals surface area contributed by atoms with Gasteiger partial charge in [0.1, 0.15) is 0 Å². The van der Waals surface area contributed by atoms with Gasteiger partial charge >= 0.3 is 0 Å². The zero-order valence-corrected chi connectivity index (χ0v) is 12.1. The van der Waals surface area contributed by atoms with Crippen molar-refractivity contribution < 1.29 is 9.59 Å². The van der Waals surface area contributed by atoms with Gasteiger partial charge in [0, 0.05) is 12.1 Å². The lowest BCUT2D eigenvalue weighted by Crippen LogP contribution is -2.26. The van der Waals surface area contributed by atoms with Gasteiger partial charge < -0.3 is 11.1 Å². The average Bonchev–Trinajstić information content (AvgIpc) is 2.48. The van der Waals surface area contributed by atoms with Crippen LogP contribution in [0, 0.1) is 0 Å². The summed E-state index contributed by atoms with van der Waals surface area (Å²) in [6, 6.07) is 14.3. The Morgan fingerprint density at radius 3 is 2.48 bits per heavy atom. The number of benzene rings is 2. The molecule has 2 aromatic carbocycles. The van der Waals surface area contributed by atoms with Gasteiger partial charge in [-0.1, -0.05) is 41.9 Å². The molecular formula is C16H15ClN2O2. The van der Waals surface area contributed by atoms with Gasteiger partial charge in [0.15, 0.2) is 0 Å². The van der Waals surface area contributed by atoms with E-state index in [1.54, 1.807) is 6.07 Å². The van der Waals surface area contributed by atoms with Gasteiger partial charge in [0.25, 0.3) is 5.91 Å². The first-order valence-electron chi connectivity index (χ1n) is 6.49. The van der Waals surface area contributed by atoms with Gasteiger partial charge in [-0.15, -0.1) is 0 Å². The molecular weight excluding hydrogens is 288 g/mol. The van der Waals surface area contributed by atoms with Crippen LogP contribution in [-0.2, 0) is 6.42 Å². The summed E-state index contributed by atoms with van der Waals surface area (Å²) in [4.78, 5) is 23.2. The van der Waals surface area contributed by atoms with Crippen LogP contribution in [0.4, 0.5) is 0 Å². The van der Waals surface area contributed by atoms with E-state index < -0.39 is 5.91 Å². The maximum absolute atomic E-state index is 12.0. The molecule has 0 aliphatic rings. The van der Waals surface area contributed by atoms with Crippen molar-refractivity contribution in [2.24, 2.45) is 5.73 Å². The standard InChI is InChI=1S/C16H15ClN2O2/c17-14-7-6-12(10-13(14)15(18)20)16(21)19-9-8-11-4-2-1-3-5-11/h1-7,10H,8-9H2,(H2,18,20)(H,19,21). The fourth-order valence-corrected chi connectivity index (χ4v) is 2.13. The number of halogens is 1. The molecule has 21 heavy (non-hydrogen) atoms. The molecule has 108 valence electrons. The third kappa shape index (κ3) is 4.07. The van der Waals surface area contributed by atoms with Crippen molar-refractivity contribution in [3.63, 3.8) is 0 Å². The van der Waals surface area contributed by atoms with Crippen LogP contribution in [0.15, 0.2) is 48.5 Å². The molecule has 2 rings (SSSR count). The van der Waals surface area contributed by atoms with Crippen LogP contribution in [0.3, 0.4) is 0 Å². The van der Waals surface area contributed by atoms with Crippen LogP contribution >= 0.6 is 11.6 Å². The van der Waals surface area contributed by atoms with Crippen LogP contribution in [0.25, 0.3) is 0 Å². The van der Waals surface area contributed by atoms with Gasteiger partial charge in [-0.05, 0) is 30.2 Å². The number of rotatable bonds is 5. The molecule has 0 spiro atoms. The molecule has 0 aliphatic heterocycles. The second-order valence-electron chi connectivity index (χ2n) is 4.55. The van der Waals surface area contributed by atoms with Crippen molar-refractivity contribution in [1.82, 2.24) is 5.32 Å². The molecule has 0 atom stereocenters. The summed E-state index contributed by atoms with van der Waals surface area (Å²) in [6.45, 7) is 0.511. The van der Waals surface area contributed by atoms with Crippen molar-refractivity contribution in [3.8, 4) is 0 Å². The first-order chi connectivity index (χ1) is 10.1. The molecule has 0 aromatic heterocycles. The molecule has 2 aromatic rings. The second kappa shape index (κ2) is 6.90. The number of carbonyl (C=O) groups is 2. The van der Waals surface area contributed by atoms with Crippen molar-refractivity contribution in [2.45, 2.75) is 6.42 Å². The van der Waals surface area contributed by atoms with Crippen LogP contribution in [0.1, 0.15) is 26.3 Å².